The lowest BCUT2D eigenvalue weighted by molar-refractivity contribution is 0.0952. The van der Waals surface area contributed by atoms with Crippen molar-refractivity contribution in [3.05, 3.63) is 35.3 Å². The van der Waals surface area contributed by atoms with Gasteiger partial charge in [0, 0.05) is 56.7 Å². The highest BCUT2D eigenvalue weighted by Crippen LogP contribution is 2.25. The van der Waals surface area contributed by atoms with E-state index >= 15 is 0 Å². The molecule has 1 unspecified atom stereocenters. The smallest absolute Gasteiger partial charge is 0.288 e. The first-order chi connectivity index (χ1) is 12.4. The van der Waals surface area contributed by atoms with E-state index < -0.39 is 0 Å². The summed E-state index contributed by atoms with van der Waals surface area (Å²) in [5.74, 6) is 0.821. The quantitative estimate of drug-likeness (QED) is 0.834. The van der Waals surface area contributed by atoms with E-state index in [1.807, 2.05) is 38.0 Å². The number of nitrogens with one attached hydrogen (secondary N) is 2. The summed E-state index contributed by atoms with van der Waals surface area (Å²) in [5.41, 5.74) is 2.91. The Bertz CT molecular complexity index is 801. The Morgan fingerprint density at radius 2 is 2.12 bits per heavy atom. The number of amides is 1. The predicted molar refractivity (Wildman–Crippen MR) is 100 cm³/mol. The van der Waals surface area contributed by atoms with Crippen LogP contribution in [0.25, 0.3) is 0 Å². The standard InChI is InChI=1S/C18H27N7O/c1-11-12(2)22-16(18(26)19-4)23-17(11)25-7-6-14(8-25)21-13(3)15-9-24(5)10-20-15/h9-10,13-14,21H,6-8H2,1-5H3,(H,19,26)/t13?,14-/m1/s1. The second-order valence-electron chi connectivity index (χ2n) is 6.94. The van der Waals surface area contributed by atoms with Crippen LogP contribution in [0.3, 0.4) is 0 Å². The Hall–Kier alpha value is -2.48. The second kappa shape index (κ2) is 7.41. The molecule has 0 radical (unpaired) electrons. The molecule has 2 N–H and O–H groups in total. The number of anilines is 1. The van der Waals surface area contributed by atoms with Crippen molar-refractivity contribution >= 4 is 11.7 Å². The first-order valence-corrected chi connectivity index (χ1v) is 8.95. The summed E-state index contributed by atoms with van der Waals surface area (Å²) in [7, 11) is 3.57. The molecule has 1 saturated heterocycles. The SMILES string of the molecule is CNC(=O)c1nc(C)c(C)c(N2CC[C@@H](NC(C)c3cn(C)cn3)C2)n1. The minimum absolute atomic E-state index is 0.191. The van der Waals surface area contributed by atoms with Gasteiger partial charge in [-0.1, -0.05) is 0 Å². The zero-order valence-corrected chi connectivity index (χ0v) is 16.1. The van der Waals surface area contributed by atoms with Crippen LogP contribution in [0.2, 0.25) is 0 Å². The van der Waals surface area contributed by atoms with Crippen molar-refractivity contribution in [2.45, 2.75) is 39.3 Å². The molecule has 8 nitrogen and oxygen atoms in total. The molecule has 26 heavy (non-hydrogen) atoms. The van der Waals surface area contributed by atoms with E-state index in [1.54, 1.807) is 7.05 Å². The molecule has 1 aliphatic heterocycles. The van der Waals surface area contributed by atoms with Gasteiger partial charge in [0.2, 0.25) is 5.82 Å². The molecule has 3 rings (SSSR count). The van der Waals surface area contributed by atoms with Crippen molar-refractivity contribution in [3.63, 3.8) is 0 Å². The molecule has 1 aliphatic rings. The molecule has 1 fully saturated rings. The average molecular weight is 357 g/mol. The van der Waals surface area contributed by atoms with Gasteiger partial charge >= 0.3 is 0 Å². The largest absolute Gasteiger partial charge is 0.355 e. The fourth-order valence-electron chi connectivity index (χ4n) is 3.32. The monoisotopic (exact) mass is 357 g/mol. The molecule has 2 aromatic rings. The first kappa shape index (κ1) is 18.3. The van der Waals surface area contributed by atoms with Crippen molar-refractivity contribution in [1.82, 2.24) is 30.2 Å². The molecule has 3 heterocycles. The summed E-state index contributed by atoms with van der Waals surface area (Å²) in [5, 5.41) is 6.25. The van der Waals surface area contributed by atoms with Crippen LogP contribution in [0.1, 0.15) is 47.0 Å². The van der Waals surface area contributed by atoms with Crippen LogP contribution in [0, 0.1) is 13.8 Å². The number of imidazole rings is 1. The van der Waals surface area contributed by atoms with Crippen molar-refractivity contribution in [2.75, 3.05) is 25.0 Å². The van der Waals surface area contributed by atoms with Gasteiger partial charge in [0.05, 0.1) is 12.0 Å². The van der Waals surface area contributed by atoms with Crippen LogP contribution in [-0.4, -0.2) is 51.6 Å². The summed E-state index contributed by atoms with van der Waals surface area (Å²) in [6, 6.07) is 0.543. The lowest BCUT2D eigenvalue weighted by atomic mass is 10.2. The fraction of sp³-hybridized carbons (Fsp3) is 0.556. The maximum atomic E-state index is 11.9. The molecular formula is C18H27N7O. The van der Waals surface area contributed by atoms with Gasteiger partial charge in [0.15, 0.2) is 0 Å². The zero-order chi connectivity index (χ0) is 18.8. The Labute approximate surface area is 154 Å². The van der Waals surface area contributed by atoms with Crippen molar-refractivity contribution < 1.29 is 4.79 Å². The topological polar surface area (TPSA) is 88.0 Å². The van der Waals surface area contributed by atoms with Crippen LogP contribution in [-0.2, 0) is 7.05 Å². The van der Waals surface area contributed by atoms with Crippen LogP contribution in [0.15, 0.2) is 12.5 Å². The predicted octanol–water partition coefficient (Wildman–Crippen LogP) is 1.12. The maximum Gasteiger partial charge on any atom is 0.288 e. The van der Waals surface area contributed by atoms with Gasteiger partial charge in [0.25, 0.3) is 5.91 Å². The van der Waals surface area contributed by atoms with E-state index in [9.17, 15) is 4.79 Å². The summed E-state index contributed by atoms with van der Waals surface area (Å²) in [6.45, 7) is 7.81. The summed E-state index contributed by atoms with van der Waals surface area (Å²) in [6.07, 6.45) is 4.88. The molecule has 0 bridgehead atoms. The zero-order valence-electron chi connectivity index (χ0n) is 16.1. The van der Waals surface area contributed by atoms with Crippen molar-refractivity contribution in [2.24, 2.45) is 7.05 Å². The highest BCUT2D eigenvalue weighted by molar-refractivity contribution is 5.90. The summed E-state index contributed by atoms with van der Waals surface area (Å²) in [4.78, 5) is 27.4. The van der Waals surface area contributed by atoms with E-state index in [4.69, 9.17) is 0 Å². The molecule has 0 spiro atoms. The molecule has 1 amide bonds. The highest BCUT2D eigenvalue weighted by Gasteiger charge is 2.27. The number of hydrogen-bond acceptors (Lipinski definition) is 6. The third-order valence-electron chi connectivity index (χ3n) is 4.94. The average Bonchev–Trinajstić information content (AvgIpc) is 3.25. The van der Waals surface area contributed by atoms with Gasteiger partial charge < -0.3 is 20.1 Å². The van der Waals surface area contributed by atoms with Crippen molar-refractivity contribution in [3.8, 4) is 0 Å². The molecule has 140 valence electrons. The van der Waals surface area contributed by atoms with Gasteiger partial charge in [-0.3, -0.25) is 4.79 Å². The van der Waals surface area contributed by atoms with Gasteiger partial charge in [-0.05, 0) is 27.2 Å². The normalized spacial score (nSPS) is 18.2. The van der Waals surface area contributed by atoms with Crippen LogP contribution in [0.5, 0.6) is 0 Å². The first-order valence-electron chi connectivity index (χ1n) is 8.95. The van der Waals surface area contributed by atoms with Crippen molar-refractivity contribution in [1.29, 1.82) is 0 Å². The van der Waals surface area contributed by atoms with Gasteiger partial charge in [0.1, 0.15) is 5.82 Å². The number of carbonyl (C=O) groups is 1. The lowest BCUT2D eigenvalue weighted by Crippen LogP contribution is -2.35. The van der Waals surface area contributed by atoms with Crippen LogP contribution < -0.4 is 15.5 Å². The maximum absolute atomic E-state index is 11.9. The number of aromatic nitrogens is 4. The van der Waals surface area contributed by atoms with Crippen LogP contribution >= 0.6 is 0 Å². The van der Waals surface area contributed by atoms with E-state index in [0.717, 1.165) is 42.3 Å². The van der Waals surface area contributed by atoms with Gasteiger partial charge in [-0.25, -0.2) is 15.0 Å². The van der Waals surface area contributed by atoms with Crippen LogP contribution in [0.4, 0.5) is 5.82 Å². The lowest BCUT2D eigenvalue weighted by Gasteiger charge is -2.22. The number of aryl methyl sites for hydroxylation is 2. The number of rotatable bonds is 5. The summed E-state index contributed by atoms with van der Waals surface area (Å²) >= 11 is 0. The Kier molecular flexibility index (Phi) is 5.22. The molecule has 0 aliphatic carbocycles. The molecular weight excluding hydrogens is 330 g/mol. The Balaban J connectivity index is 1.72. The third kappa shape index (κ3) is 3.70. The highest BCUT2D eigenvalue weighted by atomic mass is 16.2. The fourth-order valence-corrected chi connectivity index (χ4v) is 3.32. The van der Waals surface area contributed by atoms with Gasteiger partial charge in [-0.15, -0.1) is 0 Å². The van der Waals surface area contributed by atoms with E-state index in [0.29, 0.717) is 6.04 Å². The van der Waals surface area contributed by atoms with E-state index in [-0.39, 0.29) is 17.8 Å². The molecule has 0 saturated carbocycles. The molecule has 0 aromatic carbocycles. The minimum Gasteiger partial charge on any atom is -0.355 e. The second-order valence-corrected chi connectivity index (χ2v) is 6.94. The molecule has 2 atom stereocenters. The number of nitrogens with zero attached hydrogens (tertiary/aromatic N) is 5. The minimum atomic E-state index is -0.257. The van der Waals surface area contributed by atoms with E-state index in [2.05, 4.69) is 37.4 Å². The number of carbonyl (C=O) groups excluding carboxylic acids is 1. The van der Waals surface area contributed by atoms with E-state index in [1.165, 1.54) is 0 Å². The number of hydrogen-bond donors (Lipinski definition) is 2. The third-order valence-corrected chi connectivity index (χ3v) is 4.94. The molecule has 8 heteroatoms. The molecule has 2 aromatic heterocycles. The Morgan fingerprint density at radius 3 is 2.77 bits per heavy atom. The Morgan fingerprint density at radius 1 is 1.35 bits per heavy atom. The summed E-state index contributed by atoms with van der Waals surface area (Å²) < 4.78 is 1.96. The van der Waals surface area contributed by atoms with Gasteiger partial charge in [-0.2, -0.15) is 0 Å².